The van der Waals surface area contributed by atoms with Crippen molar-refractivity contribution in [3.8, 4) is 0 Å². The van der Waals surface area contributed by atoms with E-state index in [1.54, 1.807) is 4.57 Å². The molecule has 0 saturated heterocycles. The van der Waals surface area contributed by atoms with Gasteiger partial charge in [-0.1, -0.05) is 26.0 Å². The van der Waals surface area contributed by atoms with Crippen LogP contribution in [0.2, 0.25) is 0 Å². The van der Waals surface area contributed by atoms with E-state index in [0.717, 1.165) is 10.2 Å². The fraction of sp³-hybridized carbons (Fsp3) is 0.273. The third-order valence-electron chi connectivity index (χ3n) is 2.20. The van der Waals surface area contributed by atoms with Crippen molar-refractivity contribution >= 4 is 39.7 Å². The average Bonchev–Trinajstić information content (AvgIpc) is 2.52. The van der Waals surface area contributed by atoms with Crippen LogP contribution in [0, 0.1) is 9.87 Å². The monoisotopic (exact) mass is 237 g/mol. The molecule has 78 valence electrons. The number of para-hydroxylation sites is 1. The van der Waals surface area contributed by atoms with Crippen molar-refractivity contribution in [2.75, 3.05) is 0 Å². The predicted molar refractivity (Wildman–Crippen MR) is 66.1 cm³/mol. The number of hydrogen-bond acceptors (Lipinski definition) is 3. The minimum atomic E-state index is -0.0327. The number of carbonyl (C=O) groups excluding carboxylic acids is 1. The molecule has 2 aromatic rings. The van der Waals surface area contributed by atoms with Crippen molar-refractivity contribution in [3.63, 3.8) is 0 Å². The van der Waals surface area contributed by atoms with E-state index in [2.05, 4.69) is 0 Å². The molecule has 1 aromatic heterocycles. The fourth-order valence-corrected chi connectivity index (χ4v) is 2.77. The predicted octanol–water partition coefficient (Wildman–Crippen LogP) is 3.73. The molecule has 0 aliphatic rings. The summed E-state index contributed by atoms with van der Waals surface area (Å²) in [7, 11) is 0. The number of nitrogens with zero attached hydrogens (tertiary/aromatic N) is 1. The minimum Gasteiger partial charge on any atom is -0.274 e. The average molecular weight is 237 g/mol. The molecule has 4 heteroatoms. The van der Waals surface area contributed by atoms with Crippen molar-refractivity contribution in [3.05, 3.63) is 28.2 Å². The first-order valence-electron chi connectivity index (χ1n) is 4.76. The lowest BCUT2D eigenvalue weighted by Crippen LogP contribution is -2.16. The van der Waals surface area contributed by atoms with E-state index in [-0.39, 0.29) is 11.8 Å². The number of aromatic nitrogens is 1. The molecule has 1 heterocycles. The molecule has 15 heavy (non-hydrogen) atoms. The maximum Gasteiger partial charge on any atom is 0.235 e. The molecule has 0 aliphatic carbocycles. The summed E-state index contributed by atoms with van der Waals surface area (Å²) in [5.41, 5.74) is 0.922. The Balaban J connectivity index is 2.75. The first-order chi connectivity index (χ1) is 7.11. The zero-order valence-corrected chi connectivity index (χ0v) is 10.2. The molecule has 0 atom stereocenters. The summed E-state index contributed by atoms with van der Waals surface area (Å²) >= 11 is 6.69. The second-order valence-electron chi connectivity index (χ2n) is 3.66. The van der Waals surface area contributed by atoms with Gasteiger partial charge in [-0.3, -0.25) is 9.36 Å². The fourth-order valence-electron chi connectivity index (χ4n) is 1.43. The van der Waals surface area contributed by atoms with Crippen LogP contribution in [0.25, 0.3) is 10.2 Å². The Labute approximate surface area is 97.2 Å². The second-order valence-corrected chi connectivity index (χ2v) is 5.34. The summed E-state index contributed by atoms with van der Waals surface area (Å²) in [5, 5.41) is 0. The van der Waals surface area contributed by atoms with E-state index in [1.165, 1.54) is 11.3 Å². The standard InChI is InChI=1S/C11H11NOS2/c1-7(2)10(13)12-8-5-3-4-6-9(8)15-11(12)14/h3-7H,1-2H3. The molecule has 0 bridgehead atoms. The van der Waals surface area contributed by atoms with Gasteiger partial charge >= 0.3 is 0 Å². The summed E-state index contributed by atoms with van der Waals surface area (Å²) in [4.78, 5) is 11.9. The van der Waals surface area contributed by atoms with Crippen LogP contribution in [-0.4, -0.2) is 10.5 Å². The van der Waals surface area contributed by atoms with Crippen molar-refractivity contribution in [1.29, 1.82) is 0 Å². The maximum atomic E-state index is 11.9. The summed E-state index contributed by atoms with van der Waals surface area (Å²) in [6.45, 7) is 3.77. The van der Waals surface area contributed by atoms with E-state index in [0.29, 0.717) is 3.95 Å². The van der Waals surface area contributed by atoms with E-state index in [4.69, 9.17) is 12.2 Å². The van der Waals surface area contributed by atoms with Crippen LogP contribution >= 0.6 is 23.6 Å². The molecule has 0 radical (unpaired) electrons. The smallest absolute Gasteiger partial charge is 0.235 e. The summed E-state index contributed by atoms with van der Waals surface area (Å²) < 4.78 is 3.34. The Kier molecular flexibility index (Phi) is 2.71. The highest BCUT2D eigenvalue weighted by atomic mass is 32.1. The number of benzene rings is 1. The molecular weight excluding hydrogens is 226 g/mol. The molecule has 0 unspecified atom stereocenters. The quantitative estimate of drug-likeness (QED) is 0.705. The lowest BCUT2D eigenvalue weighted by atomic mass is 10.2. The van der Waals surface area contributed by atoms with Crippen molar-refractivity contribution < 1.29 is 4.79 Å². The number of thiazole rings is 1. The number of hydrogen-bond donors (Lipinski definition) is 0. The Bertz CT molecular complexity index is 565. The molecular formula is C11H11NOS2. The van der Waals surface area contributed by atoms with Gasteiger partial charge in [0.25, 0.3) is 0 Å². The van der Waals surface area contributed by atoms with Gasteiger partial charge in [0.2, 0.25) is 5.91 Å². The topological polar surface area (TPSA) is 22.0 Å². The molecule has 2 nitrogen and oxygen atoms in total. The van der Waals surface area contributed by atoms with E-state index in [9.17, 15) is 4.79 Å². The summed E-state index contributed by atoms with van der Waals surface area (Å²) in [6, 6.07) is 7.80. The number of fused-ring (bicyclic) bond motifs is 1. The van der Waals surface area contributed by atoms with Crippen molar-refractivity contribution in [1.82, 2.24) is 4.57 Å². The lowest BCUT2D eigenvalue weighted by molar-refractivity contribution is 0.0860. The molecule has 0 N–H and O–H groups in total. The van der Waals surface area contributed by atoms with Gasteiger partial charge < -0.3 is 0 Å². The number of rotatable bonds is 1. The Hall–Kier alpha value is -1.00. The highest BCUT2D eigenvalue weighted by Crippen LogP contribution is 2.23. The van der Waals surface area contributed by atoms with E-state index in [1.807, 2.05) is 38.1 Å². The van der Waals surface area contributed by atoms with Crippen LogP contribution in [0.3, 0.4) is 0 Å². The largest absolute Gasteiger partial charge is 0.274 e. The van der Waals surface area contributed by atoms with Gasteiger partial charge in [0.1, 0.15) is 0 Å². The Morgan fingerprint density at radius 1 is 1.40 bits per heavy atom. The van der Waals surface area contributed by atoms with Crippen LogP contribution in [0.4, 0.5) is 0 Å². The Morgan fingerprint density at radius 3 is 2.73 bits per heavy atom. The summed E-state index contributed by atoms with van der Waals surface area (Å²) in [6.07, 6.45) is 0. The van der Waals surface area contributed by atoms with Crippen LogP contribution in [-0.2, 0) is 0 Å². The first-order valence-corrected chi connectivity index (χ1v) is 5.98. The second kappa shape index (κ2) is 3.87. The minimum absolute atomic E-state index is 0.0327. The zero-order chi connectivity index (χ0) is 11.0. The maximum absolute atomic E-state index is 11.9. The van der Waals surface area contributed by atoms with Crippen LogP contribution < -0.4 is 0 Å². The van der Waals surface area contributed by atoms with Crippen molar-refractivity contribution in [2.45, 2.75) is 13.8 Å². The van der Waals surface area contributed by atoms with Crippen molar-refractivity contribution in [2.24, 2.45) is 5.92 Å². The van der Waals surface area contributed by atoms with Crippen LogP contribution in [0.1, 0.15) is 18.6 Å². The van der Waals surface area contributed by atoms with Gasteiger partial charge in [-0.2, -0.15) is 0 Å². The molecule has 0 aliphatic heterocycles. The van der Waals surface area contributed by atoms with Crippen LogP contribution in [0.5, 0.6) is 0 Å². The Morgan fingerprint density at radius 2 is 2.07 bits per heavy atom. The van der Waals surface area contributed by atoms with Gasteiger partial charge in [-0.05, 0) is 24.4 Å². The molecule has 1 aromatic carbocycles. The highest BCUT2D eigenvalue weighted by molar-refractivity contribution is 7.73. The van der Waals surface area contributed by atoms with Gasteiger partial charge in [0.05, 0.1) is 10.2 Å². The molecule has 0 saturated carbocycles. The van der Waals surface area contributed by atoms with Gasteiger partial charge in [0, 0.05) is 5.92 Å². The van der Waals surface area contributed by atoms with Gasteiger partial charge in [-0.15, -0.1) is 11.3 Å². The third kappa shape index (κ3) is 1.75. The number of carbonyl (C=O) groups is 1. The molecule has 0 spiro atoms. The molecule has 2 rings (SSSR count). The SMILES string of the molecule is CC(C)C(=O)n1c(=S)sc2ccccc21. The van der Waals surface area contributed by atoms with E-state index < -0.39 is 0 Å². The third-order valence-corrected chi connectivity index (χ3v) is 3.56. The van der Waals surface area contributed by atoms with Gasteiger partial charge in [-0.25, -0.2) is 0 Å². The lowest BCUT2D eigenvalue weighted by Gasteiger charge is -2.05. The molecule has 0 amide bonds. The molecule has 0 fully saturated rings. The first kappa shape index (κ1) is 10.5. The zero-order valence-electron chi connectivity index (χ0n) is 8.56. The summed E-state index contributed by atoms with van der Waals surface area (Å²) in [5.74, 6) is 0.0344. The van der Waals surface area contributed by atoms with E-state index >= 15 is 0 Å². The van der Waals surface area contributed by atoms with Crippen LogP contribution in [0.15, 0.2) is 24.3 Å². The highest BCUT2D eigenvalue weighted by Gasteiger charge is 2.14. The normalized spacial score (nSPS) is 11.1. The van der Waals surface area contributed by atoms with Gasteiger partial charge in [0.15, 0.2) is 3.95 Å².